The maximum Gasteiger partial charge on any atom is 0.407 e. The molecule has 0 saturated carbocycles. The van der Waals surface area contributed by atoms with Gasteiger partial charge < -0.3 is 15.0 Å². The fraction of sp³-hybridized carbons (Fsp3) is 0.333. The first-order valence-electron chi connectivity index (χ1n) is 5.53. The van der Waals surface area contributed by atoms with Crippen LogP contribution in [0.25, 0.3) is 11.0 Å². The van der Waals surface area contributed by atoms with E-state index in [2.05, 4.69) is 15.3 Å². The van der Waals surface area contributed by atoms with Crippen molar-refractivity contribution in [3.63, 3.8) is 0 Å². The molecule has 90 valence electrons. The Morgan fingerprint density at radius 2 is 2.24 bits per heavy atom. The van der Waals surface area contributed by atoms with Gasteiger partial charge in [0.05, 0.1) is 23.7 Å². The summed E-state index contributed by atoms with van der Waals surface area (Å²) in [5.74, 6) is 0.715. The van der Waals surface area contributed by atoms with Crippen LogP contribution < -0.4 is 5.32 Å². The normalized spacial score (nSPS) is 10.8. The van der Waals surface area contributed by atoms with Crippen LogP contribution in [0.3, 0.4) is 0 Å². The van der Waals surface area contributed by atoms with E-state index in [9.17, 15) is 4.79 Å². The van der Waals surface area contributed by atoms with Crippen molar-refractivity contribution in [2.45, 2.75) is 26.5 Å². The van der Waals surface area contributed by atoms with E-state index in [0.29, 0.717) is 12.4 Å². The second kappa shape index (κ2) is 4.86. The third-order valence-corrected chi connectivity index (χ3v) is 2.18. The number of ether oxygens (including phenoxy) is 1. The monoisotopic (exact) mass is 233 g/mol. The van der Waals surface area contributed by atoms with Gasteiger partial charge in [0.25, 0.3) is 0 Å². The molecular formula is C12H15N3O2. The number of imidazole rings is 1. The number of benzene rings is 1. The number of carbonyl (C=O) groups excluding carboxylic acids is 1. The lowest BCUT2D eigenvalue weighted by Gasteiger charge is -2.07. The van der Waals surface area contributed by atoms with Crippen molar-refractivity contribution >= 4 is 17.1 Å². The smallest absolute Gasteiger partial charge is 0.407 e. The molecule has 5 nitrogen and oxygen atoms in total. The fourth-order valence-electron chi connectivity index (χ4n) is 1.50. The number of amides is 1. The molecule has 0 atom stereocenters. The van der Waals surface area contributed by atoms with Crippen molar-refractivity contribution in [3.8, 4) is 0 Å². The van der Waals surface area contributed by atoms with Crippen LogP contribution in [-0.2, 0) is 11.3 Å². The van der Waals surface area contributed by atoms with Crippen LogP contribution >= 0.6 is 0 Å². The van der Waals surface area contributed by atoms with E-state index < -0.39 is 6.09 Å². The van der Waals surface area contributed by atoms with Crippen LogP contribution in [0.4, 0.5) is 4.79 Å². The molecule has 0 aliphatic carbocycles. The summed E-state index contributed by atoms with van der Waals surface area (Å²) >= 11 is 0. The molecule has 0 unspecified atom stereocenters. The van der Waals surface area contributed by atoms with Gasteiger partial charge >= 0.3 is 6.09 Å². The highest BCUT2D eigenvalue weighted by Crippen LogP contribution is 2.09. The number of nitrogens with zero attached hydrogens (tertiary/aromatic N) is 1. The summed E-state index contributed by atoms with van der Waals surface area (Å²) < 4.78 is 4.95. The van der Waals surface area contributed by atoms with Gasteiger partial charge in [-0.05, 0) is 26.0 Å². The molecule has 0 radical (unpaired) electrons. The van der Waals surface area contributed by atoms with E-state index in [1.165, 1.54) is 0 Å². The van der Waals surface area contributed by atoms with Gasteiger partial charge in [-0.25, -0.2) is 9.78 Å². The molecule has 0 fully saturated rings. The molecule has 5 heteroatoms. The quantitative estimate of drug-likeness (QED) is 0.854. The zero-order chi connectivity index (χ0) is 12.3. The van der Waals surface area contributed by atoms with E-state index in [1.54, 1.807) is 13.8 Å². The number of fused-ring (bicyclic) bond motifs is 1. The number of carbonyl (C=O) groups is 1. The average Bonchev–Trinajstić information content (AvgIpc) is 2.68. The van der Waals surface area contributed by atoms with Crippen LogP contribution in [0, 0.1) is 0 Å². The average molecular weight is 233 g/mol. The summed E-state index contributed by atoms with van der Waals surface area (Å²) in [6, 6.07) is 7.72. The largest absolute Gasteiger partial charge is 0.447 e. The summed E-state index contributed by atoms with van der Waals surface area (Å²) in [6.45, 7) is 3.95. The van der Waals surface area contributed by atoms with Crippen molar-refractivity contribution in [2.24, 2.45) is 0 Å². The number of aromatic amines is 1. The summed E-state index contributed by atoms with van der Waals surface area (Å²) in [7, 11) is 0. The SMILES string of the molecule is CC(C)OC(=O)NCc1nc2ccccc2[nH]1. The Kier molecular flexibility index (Phi) is 3.27. The Balaban J connectivity index is 1.97. The van der Waals surface area contributed by atoms with Gasteiger partial charge in [0.15, 0.2) is 0 Å². The molecule has 1 heterocycles. The first-order valence-corrected chi connectivity index (χ1v) is 5.53. The number of nitrogens with one attached hydrogen (secondary N) is 2. The van der Waals surface area contributed by atoms with Gasteiger partial charge in [0.1, 0.15) is 5.82 Å². The summed E-state index contributed by atoms with van der Waals surface area (Å²) in [5, 5.41) is 2.64. The molecule has 17 heavy (non-hydrogen) atoms. The Morgan fingerprint density at radius 1 is 1.47 bits per heavy atom. The molecule has 2 aromatic rings. The highest BCUT2D eigenvalue weighted by Gasteiger charge is 2.06. The number of aromatic nitrogens is 2. The van der Waals surface area contributed by atoms with Crippen molar-refractivity contribution in [1.29, 1.82) is 0 Å². The first kappa shape index (κ1) is 11.4. The second-order valence-corrected chi connectivity index (χ2v) is 4.01. The Morgan fingerprint density at radius 3 is 2.94 bits per heavy atom. The molecule has 0 aliphatic rings. The highest BCUT2D eigenvalue weighted by molar-refractivity contribution is 5.75. The van der Waals surface area contributed by atoms with Crippen LogP contribution in [0.1, 0.15) is 19.7 Å². The second-order valence-electron chi connectivity index (χ2n) is 4.01. The van der Waals surface area contributed by atoms with Gasteiger partial charge in [-0.1, -0.05) is 12.1 Å². The van der Waals surface area contributed by atoms with Gasteiger partial charge in [-0.2, -0.15) is 0 Å². The minimum Gasteiger partial charge on any atom is -0.447 e. The molecule has 1 amide bonds. The van der Waals surface area contributed by atoms with Crippen molar-refractivity contribution in [3.05, 3.63) is 30.1 Å². The lowest BCUT2D eigenvalue weighted by Crippen LogP contribution is -2.26. The van der Waals surface area contributed by atoms with Crippen LogP contribution in [0.5, 0.6) is 0 Å². The van der Waals surface area contributed by atoms with E-state index in [4.69, 9.17) is 4.74 Å². The molecule has 0 spiro atoms. The Bertz CT molecular complexity index is 486. The minimum atomic E-state index is -0.430. The van der Waals surface area contributed by atoms with E-state index in [-0.39, 0.29) is 6.10 Å². The maximum atomic E-state index is 11.3. The topological polar surface area (TPSA) is 67.0 Å². The molecule has 1 aromatic heterocycles. The van der Waals surface area contributed by atoms with Gasteiger partial charge in [-0.15, -0.1) is 0 Å². The van der Waals surface area contributed by atoms with Gasteiger partial charge in [0, 0.05) is 0 Å². The number of alkyl carbamates (subject to hydrolysis) is 1. The number of hydrogen-bond donors (Lipinski definition) is 2. The summed E-state index contributed by atoms with van der Waals surface area (Å²) in [5.41, 5.74) is 1.85. The first-order chi connectivity index (χ1) is 8.15. The standard InChI is InChI=1S/C12H15N3O2/c1-8(2)17-12(16)13-7-11-14-9-5-3-4-6-10(9)15-11/h3-6,8H,7H2,1-2H3,(H,13,16)(H,14,15). The third kappa shape index (κ3) is 2.96. The zero-order valence-electron chi connectivity index (χ0n) is 9.86. The number of H-pyrrole nitrogens is 1. The van der Waals surface area contributed by atoms with Gasteiger partial charge in [-0.3, -0.25) is 0 Å². The molecule has 0 bridgehead atoms. The maximum absolute atomic E-state index is 11.3. The number of rotatable bonds is 3. The predicted molar refractivity (Wildman–Crippen MR) is 64.6 cm³/mol. The van der Waals surface area contributed by atoms with Crippen molar-refractivity contribution < 1.29 is 9.53 Å². The lowest BCUT2D eigenvalue weighted by atomic mass is 10.3. The minimum absolute atomic E-state index is 0.120. The molecule has 0 aliphatic heterocycles. The lowest BCUT2D eigenvalue weighted by molar-refractivity contribution is 0.115. The van der Waals surface area contributed by atoms with Crippen molar-refractivity contribution in [2.75, 3.05) is 0 Å². The van der Waals surface area contributed by atoms with Crippen LogP contribution in [0.2, 0.25) is 0 Å². The van der Waals surface area contributed by atoms with E-state index in [1.807, 2.05) is 24.3 Å². The highest BCUT2D eigenvalue weighted by atomic mass is 16.6. The number of hydrogen-bond acceptors (Lipinski definition) is 3. The third-order valence-electron chi connectivity index (χ3n) is 2.18. The summed E-state index contributed by atoms with van der Waals surface area (Å²) in [6.07, 6.45) is -0.550. The van der Waals surface area contributed by atoms with Crippen LogP contribution in [-0.4, -0.2) is 22.2 Å². The van der Waals surface area contributed by atoms with Gasteiger partial charge in [0.2, 0.25) is 0 Å². The molecule has 2 N–H and O–H groups in total. The summed E-state index contributed by atoms with van der Waals surface area (Å²) in [4.78, 5) is 18.7. The zero-order valence-corrected chi connectivity index (χ0v) is 9.86. The molecular weight excluding hydrogens is 218 g/mol. The fourth-order valence-corrected chi connectivity index (χ4v) is 1.50. The van der Waals surface area contributed by atoms with Crippen LogP contribution in [0.15, 0.2) is 24.3 Å². The van der Waals surface area contributed by atoms with E-state index in [0.717, 1.165) is 11.0 Å². The molecule has 2 rings (SSSR count). The Hall–Kier alpha value is -2.04. The Labute approximate surface area is 99.2 Å². The molecule has 0 saturated heterocycles. The predicted octanol–water partition coefficient (Wildman–Crippen LogP) is 2.20. The van der Waals surface area contributed by atoms with Crippen molar-refractivity contribution in [1.82, 2.24) is 15.3 Å². The van der Waals surface area contributed by atoms with E-state index >= 15 is 0 Å². The molecule has 1 aromatic carbocycles. The number of para-hydroxylation sites is 2.